The molecule has 3 rings (SSSR count). The molecule has 1 atom stereocenters. The molecule has 0 spiro atoms. The SMILES string of the molecule is COC(=O)c1c(Oc2c(C)cc(Cl)cc2C)ncc(C)c1NC1CCOC1. The highest BCUT2D eigenvalue weighted by molar-refractivity contribution is 6.30. The number of aryl methyl sites for hydroxylation is 3. The van der Waals surface area contributed by atoms with E-state index >= 15 is 0 Å². The molecule has 0 radical (unpaired) electrons. The van der Waals surface area contributed by atoms with Gasteiger partial charge in [-0.05, 0) is 56.0 Å². The fourth-order valence-electron chi connectivity index (χ4n) is 3.15. The molecule has 1 unspecified atom stereocenters. The van der Waals surface area contributed by atoms with Gasteiger partial charge in [-0.25, -0.2) is 9.78 Å². The number of esters is 1. The Bertz CT molecular complexity index is 840. The van der Waals surface area contributed by atoms with E-state index < -0.39 is 5.97 Å². The lowest BCUT2D eigenvalue weighted by atomic mass is 10.1. The zero-order valence-corrected chi connectivity index (χ0v) is 16.6. The standard InChI is InChI=1S/C20H23ClN2O4/c1-11-7-14(21)8-12(2)18(11)27-19-16(20(24)25-4)17(13(3)9-22-19)23-15-5-6-26-10-15/h7-9,15H,5-6,10H2,1-4H3,(H,22,23). The van der Waals surface area contributed by atoms with E-state index in [1.807, 2.05) is 32.9 Å². The first-order valence-electron chi connectivity index (χ1n) is 8.77. The van der Waals surface area contributed by atoms with Crippen molar-refractivity contribution in [3.05, 3.63) is 45.6 Å². The van der Waals surface area contributed by atoms with E-state index in [-0.39, 0.29) is 17.5 Å². The number of aromatic nitrogens is 1. The second-order valence-corrected chi connectivity index (χ2v) is 7.10. The number of ether oxygens (including phenoxy) is 3. The van der Waals surface area contributed by atoms with Crippen molar-refractivity contribution in [1.82, 2.24) is 4.98 Å². The molecule has 2 heterocycles. The summed E-state index contributed by atoms with van der Waals surface area (Å²) in [6, 6.07) is 3.75. The van der Waals surface area contributed by atoms with Crippen molar-refractivity contribution in [1.29, 1.82) is 0 Å². The van der Waals surface area contributed by atoms with E-state index in [1.54, 1.807) is 6.20 Å². The average Bonchev–Trinajstić information content (AvgIpc) is 3.13. The largest absolute Gasteiger partial charge is 0.465 e. The van der Waals surface area contributed by atoms with Crippen molar-refractivity contribution in [3.63, 3.8) is 0 Å². The molecule has 2 aromatic rings. The molecule has 1 aromatic heterocycles. The van der Waals surface area contributed by atoms with Gasteiger partial charge in [-0.15, -0.1) is 0 Å². The first-order valence-corrected chi connectivity index (χ1v) is 9.15. The van der Waals surface area contributed by atoms with Crippen LogP contribution < -0.4 is 10.1 Å². The zero-order valence-electron chi connectivity index (χ0n) is 15.9. The van der Waals surface area contributed by atoms with Gasteiger partial charge in [0, 0.05) is 17.8 Å². The van der Waals surface area contributed by atoms with Gasteiger partial charge >= 0.3 is 5.97 Å². The van der Waals surface area contributed by atoms with E-state index in [9.17, 15) is 4.79 Å². The van der Waals surface area contributed by atoms with Gasteiger partial charge < -0.3 is 19.5 Å². The number of benzene rings is 1. The third-order valence-electron chi connectivity index (χ3n) is 4.53. The Labute approximate surface area is 163 Å². The van der Waals surface area contributed by atoms with Crippen molar-refractivity contribution in [2.45, 2.75) is 33.2 Å². The van der Waals surface area contributed by atoms with Crippen molar-refractivity contribution < 1.29 is 19.0 Å². The first kappa shape index (κ1) is 19.5. The smallest absolute Gasteiger partial charge is 0.345 e. The van der Waals surface area contributed by atoms with E-state index in [4.69, 9.17) is 25.8 Å². The molecule has 1 aliphatic rings. The minimum Gasteiger partial charge on any atom is -0.465 e. The second kappa shape index (κ2) is 8.15. The number of hydrogen-bond acceptors (Lipinski definition) is 6. The topological polar surface area (TPSA) is 69.7 Å². The Kier molecular flexibility index (Phi) is 5.87. The van der Waals surface area contributed by atoms with Crippen LogP contribution in [0, 0.1) is 20.8 Å². The van der Waals surface area contributed by atoms with Crippen LogP contribution in [0.25, 0.3) is 0 Å². The highest BCUT2D eigenvalue weighted by Gasteiger charge is 2.26. The van der Waals surface area contributed by atoms with Crippen LogP contribution in [0.2, 0.25) is 5.02 Å². The number of rotatable bonds is 5. The summed E-state index contributed by atoms with van der Waals surface area (Å²) in [4.78, 5) is 16.9. The van der Waals surface area contributed by atoms with Gasteiger partial charge in [0.1, 0.15) is 11.3 Å². The average molecular weight is 391 g/mol. The number of halogens is 1. The lowest BCUT2D eigenvalue weighted by Crippen LogP contribution is -2.22. The minimum atomic E-state index is -0.508. The van der Waals surface area contributed by atoms with Gasteiger partial charge in [-0.3, -0.25) is 0 Å². The number of carbonyl (C=O) groups is 1. The summed E-state index contributed by atoms with van der Waals surface area (Å²) in [5, 5.41) is 4.02. The zero-order chi connectivity index (χ0) is 19.6. The highest BCUT2D eigenvalue weighted by Crippen LogP contribution is 2.36. The van der Waals surface area contributed by atoms with Crippen LogP contribution in [-0.4, -0.2) is 37.3 Å². The number of nitrogens with one attached hydrogen (secondary N) is 1. The summed E-state index contributed by atoms with van der Waals surface area (Å²) in [5.41, 5.74) is 3.48. The van der Waals surface area contributed by atoms with Crippen molar-refractivity contribution >= 4 is 23.3 Å². The van der Waals surface area contributed by atoms with Gasteiger partial charge in [-0.1, -0.05) is 11.6 Å². The molecule has 1 aliphatic heterocycles. The molecule has 1 aromatic carbocycles. The number of pyridine rings is 1. The molecule has 144 valence electrons. The lowest BCUT2D eigenvalue weighted by Gasteiger charge is -2.20. The molecule has 7 heteroatoms. The Morgan fingerprint density at radius 1 is 1.26 bits per heavy atom. The van der Waals surface area contributed by atoms with E-state index in [1.165, 1.54) is 7.11 Å². The number of anilines is 1. The Hall–Kier alpha value is -2.31. The van der Waals surface area contributed by atoms with Crippen LogP contribution in [0.15, 0.2) is 18.3 Å². The van der Waals surface area contributed by atoms with Crippen LogP contribution in [0.1, 0.15) is 33.5 Å². The predicted molar refractivity (Wildman–Crippen MR) is 104 cm³/mol. The molecule has 27 heavy (non-hydrogen) atoms. The third kappa shape index (κ3) is 4.17. The summed E-state index contributed by atoms with van der Waals surface area (Å²) in [6.45, 7) is 6.97. The molecule has 0 saturated carbocycles. The maximum Gasteiger partial charge on any atom is 0.345 e. The predicted octanol–water partition coefficient (Wildman–Crippen LogP) is 4.44. The molecule has 1 fully saturated rings. The van der Waals surface area contributed by atoms with Gasteiger partial charge in [0.25, 0.3) is 0 Å². The van der Waals surface area contributed by atoms with Crippen LogP contribution in [0.5, 0.6) is 11.6 Å². The van der Waals surface area contributed by atoms with Crippen LogP contribution in [0.4, 0.5) is 5.69 Å². The fourth-order valence-corrected chi connectivity index (χ4v) is 3.48. The van der Waals surface area contributed by atoms with Crippen LogP contribution in [-0.2, 0) is 9.47 Å². The summed E-state index contributed by atoms with van der Waals surface area (Å²) in [6.07, 6.45) is 2.55. The van der Waals surface area contributed by atoms with Crippen LogP contribution >= 0.6 is 11.6 Å². The first-order chi connectivity index (χ1) is 12.9. The Balaban J connectivity index is 2.05. The maximum absolute atomic E-state index is 12.6. The van der Waals surface area contributed by atoms with E-state index in [2.05, 4.69) is 10.3 Å². The molecule has 6 nitrogen and oxygen atoms in total. The molecule has 0 aliphatic carbocycles. The van der Waals surface area contributed by atoms with Crippen LogP contribution in [0.3, 0.4) is 0 Å². The Morgan fingerprint density at radius 3 is 2.56 bits per heavy atom. The lowest BCUT2D eigenvalue weighted by molar-refractivity contribution is 0.0598. The van der Waals surface area contributed by atoms with Crippen molar-refractivity contribution in [3.8, 4) is 11.6 Å². The monoisotopic (exact) mass is 390 g/mol. The van der Waals surface area contributed by atoms with Crippen molar-refractivity contribution in [2.75, 3.05) is 25.6 Å². The molecule has 0 amide bonds. The second-order valence-electron chi connectivity index (χ2n) is 6.66. The van der Waals surface area contributed by atoms with Crippen molar-refractivity contribution in [2.24, 2.45) is 0 Å². The quantitative estimate of drug-likeness (QED) is 0.761. The summed E-state index contributed by atoms with van der Waals surface area (Å²) in [5.74, 6) is 0.310. The molecule has 1 saturated heterocycles. The molecule has 1 N–H and O–H groups in total. The highest BCUT2D eigenvalue weighted by atomic mass is 35.5. The van der Waals surface area contributed by atoms with E-state index in [0.29, 0.717) is 29.7 Å². The maximum atomic E-state index is 12.6. The normalized spacial score (nSPS) is 16.3. The number of nitrogens with zero attached hydrogens (tertiary/aromatic N) is 1. The summed E-state index contributed by atoms with van der Waals surface area (Å²) >= 11 is 6.10. The van der Waals surface area contributed by atoms with Gasteiger partial charge in [0.2, 0.25) is 5.88 Å². The molecular formula is C20H23ClN2O4. The number of carbonyl (C=O) groups excluding carboxylic acids is 1. The van der Waals surface area contributed by atoms with Gasteiger partial charge in [-0.2, -0.15) is 0 Å². The van der Waals surface area contributed by atoms with Gasteiger partial charge in [0.05, 0.1) is 25.4 Å². The minimum absolute atomic E-state index is 0.126. The molecular weight excluding hydrogens is 368 g/mol. The van der Waals surface area contributed by atoms with Gasteiger partial charge in [0.15, 0.2) is 0 Å². The van der Waals surface area contributed by atoms with E-state index in [0.717, 1.165) is 23.1 Å². The number of methoxy groups -OCH3 is 1. The fraction of sp³-hybridized carbons (Fsp3) is 0.400. The number of hydrogen-bond donors (Lipinski definition) is 1. The Morgan fingerprint density at radius 2 is 1.96 bits per heavy atom. The summed E-state index contributed by atoms with van der Waals surface area (Å²) < 4.78 is 16.5. The third-order valence-corrected chi connectivity index (χ3v) is 4.74. The molecule has 0 bridgehead atoms. The summed E-state index contributed by atoms with van der Waals surface area (Å²) in [7, 11) is 1.34.